The van der Waals surface area contributed by atoms with Crippen LogP contribution in [0.2, 0.25) is 0 Å². The summed E-state index contributed by atoms with van der Waals surface area (Å²) in [5.74, 6) is 2.25. The predicted octanol–water partition coefficient (Wildman–Crippen LogP) is 5.23. The Morgan fingerprint density at radius 2 is 2.03 bits per heavy atom. The van der Waals surface area contributed by atoms with Crippen LogP contribution in [0, 0.1) is 18.3 Å². The molecule has 5 rings (SSSR count). The molecule has 2 aromatic carbocycles. The van der Waals surface area contributed by atoms with Gasteiger partial charge in [0.2, 0.25) is 6.79 Å². The molecule has 3 heterocycles. The third kappa shape index (κ3) is 2.88. The van der Waals surface area contributed by atoms with E-state index in [1.807, 2.05) is 49.4 Å². The van der Waals surface area contributed by atoms with E-state index in [1.54, 1.807) is 11.3 Å². The molecule has 0 saturated carbocycles. The number of aryl methyl sites for hydroxylation is 1. The number of imidazole rings is 1. The Bertz CT molecular complexity index is 1300. The molecule has 0 atom stereocenters. The number of thiazole rings is 1. The van der Waals surface area contributed by atoms with Gasteiger partial charge in [-0.05, 0) is 44.2 Å². The Morgan fingerprint density at radius 3 is 2.87 bits per heavy atom. The third-order valence-corrected chi connectivity index (χ3v) is 6.03. The summed E-state index contributed by atoms with van der Waals surface area (Å²) >= 11 is 1.61. The maximum atomic E-state index is 9.58. The van der Waals surface area contributed by atoms with Crippen LogP contribution in [-0.4, -0.2) is 22.8 Å². The Hall–Kier alpha value is -3.50. The lowest BCUT2D eigenvalue weighted by molar-refractivity contribution is 0.174. The molecule has 0 saturated heterocycles. The van der Waals surface area contributed by atoms with Gasteiger partial charge in [-0.15, -0.1) is 11.3 Å². The first-order chi connectivity index (χ1) is 14.7. The van der Waals surface area contributed by atoms with Crippen LogP contribution in [-0.2, 0) is 6.42 Å². The highest BCUT2D eigenvalue weighted by Crippen LogP contribution is 2.41. The fraction of sp³-hybridized carbons (Fsp3) is 0.217. The Morgan fingerprint density at radius 1 is 1.20 bits per heavy atom. The van der Waals surface area contributed by atoms with Gasteiger partial charge in [-0.1, -0.05) is 12.1 Å². The lowest BCUT2D eigenvalue weighted by atomic mass is 10.1. The molecule has 1 aliphatic rings. The number of hydrogen-bond acceptors (Lipinski definition) is 6. The van der Waals surface area contributed by atoms with E-state index in [0.717, 1.165) is 55.3 Å². The monoisotopic (exact) mass is 417 g/mol. The van der Waals surface area contributed by atoms with E-state index < -0.39 is 0 Å². The largest absolute Gasteiger partial charge is 0.493 e. The highest BCUT2D eigenvalue weighted by molar-refractivity contribution is 7.17. The van der Waals surface area contributed by atoms with Crippen LogP contribution < -0.4 is 14.2 Å². The van der Waals surface area contributed by atoms with Gasteiger partial charge in [0.05, 0.1) is 36.2 Å². The zero-order valence-electron chi connectivity index (χ0n) is 16.6. The first kappa shape index (κ1) is 18.5. The van der Waals surface area contributed by atoms with E-state index in [9.17, 15) is 5.26 Å². The van der Waals surface area contributed by atoms with Crippen molar-refractivity contribution < 1.29 is 14.2 Å². The zero-order valence-corrected chi connectivity index (χ0v) is 17.5. The number of fused-ring (bicyclic) bond motifs is 2. The number of aromatic nitrogens is 2. The van der Waals surface area contributed by atoms with Gasteiger partial charge < -0.3 is 14.2 Å². The topological polar surface area (TPSA) is 68.8 Å². The minimum atomic E-state index is 0.236. The summed E-state index contributed by atoms with van der Waals surface area (Å²) in [7, 11) is 0. The summed E-state index contributed by atoms with van der Waals surface area (Å²) in [4.78, 5) is 6.90. The van der Waals surface area contributed by atoms with E-state index in [-0.39, 0.29) is 13.2 Å². The quantitative estimate of drug-likeness (QED) is 0.445. The van der Waals surface area contributed by atoms with Crippen molar-refractivity contribution in [1.82, 2.24) is 9.38 Å². The van der Waals surface area contributed by atoms with Crippen molar-refractivity contribution in [1.29, 1.82) is 5.26 Å². The highest BCUT2D eigenvalue weighted by Gasteiger charge is 2.24. The fourth-order valence-electron chi connectivity index (χ4n) is 3.85. The van der Waals surface area contributed by atoms with Crippen LogP contribution in [0.25, 0.3) is 27.5 Å². The summed E-state index contributed by atoms with van der Waals surface area (Å²) in [6, 6.07) is 16.1. The molecule has 4 aromatic rings. The molecule has 0 unspecified atom stereocenters. The molecule has 0 aliphatic carbocycles. The van der Waals surface area contributed by atoms with Gasteiger partial charge >= 0.3 is 0 Å². The highest BCUT2D eigenvalue weighted by atomic mass is 32.1. The van der Waals surface area contributed by atoms with Crippen molar-refractivity contribution in [3.05, 3.63) is 53.0 Å². The van der Waals surface area contributed by atoms with Gasteiger partial charge in [-0.3, -0.25) is 4.40 Å². The van der Waals surface area contributed by atoms with Crippen LogP contribution in [0.5, 0.6) is 17.2 Å². The van der Waals surface area contributed by atoms with Crippen molar-refractivity contribution in [2.45, 2.75) is 20.3 Å². The lowest BCUT2D eigenvalue weighted by Gasteiger charge is -2.10. The Kier molecular flexibility index (Phi) is 4.57. The normalized spacial score (nSPS) is 12.3. The minimum Gasteiger partial charge on any atom is -0.493 e. The molecule has 7 heteroatoms. The van der Waals surface area contributed by atoms with E-state index in [2.05, 4.69) is 17.4 Å². The lowest BCUT2D eigenvalue weighted by Crippen LogP contribution is -1.98. The van der Waals surface area contributed by atoms with Crippen molar-refractivity contribution in [3.8, 4) is 45.8 Å². The van der Waals surface area contributed by atoms with Crippen LogP contribution in [0.15, 0.2) is 42.5 Å². The van der Waals surface area contributed by atoms with E-state index >= 15 is 0 Å². The first-order valence-electron chi connectivity index (χ1n) is 9.71. The molecule has 0 radical (unpaired) electrons. The second-order valence-corrected chi connectivity index (χ2v) is 8.05. The summed E-state index contributed by atoms with van der Waals surface area (Å²) < 4.78 is 18.9. The van der Waals surface area contributed by atoms with Crippen LogP contribution in [0.4, 0.5) is 0 Å². The summed E-state index contributed by atoms with van der Waals surface area (Å²) in [6.45, 7) is 4.83. The van der Waals surface area contributed by atoms with Crippen molar-refractivity contribution in [2.24, 2.45) is 0 Å². The molecule has 0 spiro atoms. The van der Waals surface area contributed by atoms with Gasteiger partial charge in [0, 0.05) is 16.0 Å². The number of benzene rings is 2. The smallest absolute Gasteiger partial charge is 0.231 e. The molecular weight excluding hydrogens is 398 g/mol. The van der Waals surface area contributed by atoms with Gasteiger partial charge in [-0.2, -0.15) is 5.26 Å². The molecule has 30 heavy (non-hydrogen) atoms. The summed E-state index contributed by atoms with van der Waals surface area (Å²) in [6.07, 6.45) is 0.241. The zero-order chi connectivity index (χ0) is 20.7. The van der Waals surface area contributed by atoms with Crippen molar-refractivity contribution in [3.63, 3.8) is 0 Å². The van der Waals surface area contributed by atoms with Crippen molar-refractivity contribution in [2.75, 3.05) is 13.4 Å². The van der Waals surface area contributed by atoms with E-state index in [4.69, 9.17) is 19.2 Å². The van der Waals surface area contributed by atoms with Crippen LogP contribution in [0.1, 0.15) is 17.5 Å². The number of ether oxygens (including phenoxy) is 3. The predicted molar refractivity (Wildman–Crippen MR) is 115 cm³/mol. The standard InChI is InChI=1S/C23H19N3O3S/c1-3-27-18-7-5-4-6-16(18)21-17(10-11-24)26-22(14(2)30-23(26)25-21)15-8-9-19-20(12-15)29-13-28-19/h4-9,12H,3,10,13H2,1-2H3. The summed E-state index contributed by atoms with van der Waals surface area (Å²) in [5, 5.41) is 9.58. The number of para-hydroxylation sites is 1. The average Bonchev–Trinajstić information content (AvgIpc) is 3.43. The summed E-state index contributed by atoms with van der Waals surface area (Å²) in [5.41, 5.74) is 4.57. The molecule has 0 bridgehead atoms. The number of hydrogen-bond donors (Lipinski definition) is 0. The van der Waals surface area contributed by atoms with Crippen LogP contribution in [0.3, 0.4) is 0 Å². The maximum Gasteiger partial charge on any atom is 0.231 e. The Labute approximate surface area is 177 Å². The number of rotatable bonds is 5. The van der Waals surface area contributed by atoms with Crippen LogP contribution >= 0.6 is 11.3 Å². The molecule has 0 fully saturated rings. The minimum absolute atomic E-state index is 0.236. The molecule has 1 aliphatic heterocycles. The fourth-order valence-corrected chi connectivity index (χ4v) is 4.86. The third-order valence-electron chi connectivity index (χ3n) is 5.08. The van der Waals surface area contributed by atoms with E-state index in [0.29, 0.717) is 6.61 Å². The Balaban J connectivity index is 1.75. The second kappa shape index (κ2) is 7.39. The molecular formula is C23H19N3O3S. The first-order valence-corrected chi connectivity index (χ1v) is 10.5. The SMILES string of the molecule is CCOc1ccccc1-c1nc2sc(C)c(-c3ccc4c(c3)OCO4)n2c1CC#N. The van der Waals surface area contributed by atoms with Gasteiger partial charge in [0.1, 0.15) is 5.75 Å². The molecule has 150 valence electrons. The number of nitriles is 1. The van der Waals surface area contributed by atoms with Gasteiger partial charge in [0.15, 0.2) is 16.5 Å². The van der Waals surface area contributed by atoms with E-state index in [1.165, 1.54) is 0 Å². The molecule has 0 amide bonds. The van der Waals surface area contributed by atoms with Crippen molar-refractivity contribution >= 4 is 16.3 Å². The molecule has 6 nitrogen and oxygen atoms in total. The van der Waals surface area contributed by atoms with Gasteiger partial charge in [0.25, 0.3) is 0 Å². The molecule has 2 aromatic heterocycles. The van der Waals surface area contributed by atoms with Gasteiger partial charge in [-0.25, -0.2) is 4.98 Å². The average molecular weight is 417 g/mol. The molecule has 0 N–H and O–H groups in total. The second-order valence-electron chi connectivity index (χ2n) is 6.86. The maximum absolute atomic E-state index is 9.58. The number of nitrogens with zero attached hydrogens (tertiary/aromatic N) is 3.